The number of methoxy groups -OCH3 is 1. The second-order valence-corrected chi connectivity index (χ2v) is 5.03. The maximum absolute atomic E-state index is 13.6. The van der Waals surface area contributed by atoms with Crippen molar-refractivity contribution in [1.29, 1.82) is 0 Å². The van der Waals surface area contributed by atoms with Gasteiger partial charge in [0.15, 0.2) is 11.6 Å². The summed E-state index contributed by atoms with van der Waals surface area (Å²) in [5.41, 5.74) is 0.982. The monoisotopic (exact) mass is 267 g/mol. The van der Waals surface area contributed by atoms with Crippen molar-refractivity contribution in [2.75, 3.05) is 20.8 Å². The summed E-state index contributed by atoms with van der Waals surface area (Å²) in [5, 5.41) is 3.29. The average molecular weight is 267 g/mol. The fraction of sp³-hybridized carbons (Fsp3) is 0.600. The topological polar surface area (TPSA) is 30.5 Å². The highest BCUT2D eigenvalue weighted by molar-refractivity contribution is 5.29. The van der Waals surface area contributed by atoms with Crippen LogP contribution in [0.25, 0.3) is 0 Å². The van der Waals surface area contributed by atoms with Gasteiger partial charge in [0.2, 0.25) is 0 Å². The number of hydrogen-bond acceptors (Lipinski definition) is 3. The van der Waals surface area contributed by atoms with E-state index in [2.05, 4.69) is 5.32 Å². The Morgan fingerprint density at radius 2 is 2.37 bits per heavy atom. The van der Waals surface area contributed by atoms with E-state index in [1.807, 2.05) is 13.1 Å². The fourth-order valence-corrected chi connectivity index (χ4v) is 2.57. The quantitative estimate of drug-likeness (QED) is 0.859. The van der Waals surface area contributed by atoms with Crippen molar-refractivity contribution in [2.45, 2.75) is 37.8 Å². The first-order valence-corrected chi connectivity index (χ1v) is 6.84. The minimum Gasteiger partial charge on any atom is -0.494 e. The first-order valence-electron chi connectivity index (χ1n) is 6.84. The van der Waals surface area contributed by atoms with Gasteiger partial charge < -0.3 is 14.8 Å². The van der Waals surface area contributed by atoms with Crippen LogP contribution in [-0.4, -0.2) is 32.9 Å². The molecule has 0 aliphatic carbocycles. The van der Waals surface area contributed by atoms with E-state index in [0.717, 1.165) is 37.9 Å². The van der Waals surface area contributed by atoms with Gasteiger partial charge in [-0.1, -0.05) is 6.07 Å². The summed E-state index contributed by atoms with van der Waals surface area (Å²) in [5.74, 6) is -0.00384. The van der Waals surface area contributed by atoms with Gasteiger partial charge in [-0.2, -0.15) is 0 Å². The molecule has 0 amide bonds. The predicted octanol–water partition coefficient (Wildman–Crippen LogP) is 2.53. The summed E-state index contributed by atoms with van der Waals surface area (Å²) in [4.78, 5) is 0. The van der Waals surface area contributed by atoms with Crippen molar-refractivity contribution < 1.29 is 13.9 Å². The highest BCUT2D eigenvalue weighted by Gasteiger charge is 2.20. The highest BCUT2D eigenvalue weighted by Crippen LogP contribution is 2.21. The predicted molar refractivity (Wildman–Crippen MR) is 73.1 cm³/mol. The molecule has 1 aliphatic heterocycles. The number of ether oxygens (including phenoxy) is 2. The van der Waals surface area contributed by atoms with E-state index in [-0.39, 0.29) is 5.82 Å². The molecule has 19 heavy (non-hydrogen) atoms. The summed E-state index contributed by atoms with van der Waals surface area (Å²) < 4.78 is 24.2. The van der Waals surface area contributed by atoms with Gasteiger partial charge in [-0.15, -0.1) is 0 Å². The molecule has 1 N–H and O–H groups in total. The van der Waals surface area contributed by atoms with Crippen LogP contribution in [0, 0.1) is 5.82 Å². The van der Waals surface area contributed by atoms with E-state index in [1.165, 1.54) is 7.11 Å². The Morgan fingerprint density at radius 3 is 2.95 bits per heavy atom. The molecular formula is C15H22FNO2. The van der Waals surface area contributed by atoms with Crippen LogP contribution in [0.15, 0.2) is 18.2 Å². The lowest BCUT2D eigenvalue weighted by atomic mass is 9.99. The molecule has 2 unspecified atom stereocenters. The van der Waals surface area contributed by atoms with Gasteiger partial charge in [-0.05, 0) is 50.4 Å². The van der Waals surface area contributed by atoms with Crippen molar-refractivity contribution >= 4 is 0 Å². The molecule has 1 aromatic carbocycles. The van der Waals surface area contributed by atoms with Gasteiger partial charge in [0, 0.05) is 12.6 Å². The molecule has 1 aromatic rings. The Bertz CT molecular complexity index is 405. The Kier molecular flexibility index (Phi) is 5.16. The van der Waals surface area contributed by atoms with E-state index in [0.29, 0.717) is 17.9 Å². The second-order valence-electron chi connectivity index (χ2n) is 5.03. The standard InChI is InChI=1S/C15H22FNO2/c1-17-12(10-13-4-3-7-19-13)8-11-5-6-15(18-2)14(16)9-11/h5-6,9,12-13,17H,3-4,7-8,10H2,1-2H3. The molecule has 0 bridgehead atoms. The lowest BCUT2D eigenvalue weighted by Gasteiger charge is -2.20. The number of halogens is 1. The number of nitrogens with one attached hydrogen (secondary N) is 1. The minimum atomic E-state index is -0.299. The molecule has 3 nitrogen and oxygen atoms in total. The van der Waals surface area contributed by atoms with Crippen molar-refractivity contribution in [1.82, 2.24) is 5.32 Å². The SMILES string of the molecule is CNC(Cc1ccc(OC)c(F)c1)CC1CCCO1. The third kappa shape index (κ3) is 3.91. The minimum absolute atomic E-state index is 0.295. The van der Waals surface area contributed by atoms with Crippen molar-refractivity contribution in [2.24, 2.45) is 0 Å². The van der Waals surface area contributed by atoms with Crippen molar-refractivity contribution in [3.05, 3.63) is 29.6 Å². The van der Waals surface area contributed by atoms with E-state index >= 15 is 0 Å². The molecule has 4 heteroatoms. The molecule has 1 saturated heterocycles. The smallest absolute Gasteiger partial charge is 0.165 e. The molecule has 106 valence electrons. The first kappa shape index (κ1) is 14.3. The van der Waals surface area contributed by atoms with Crippen LogP contribution in [0.1, 0.15) is 24.8 Å². The average Bonchev–Trinajstić information content (AvgIpc) is 2.91. The Morgan fingerprint density at radius 1 is 1.53 bits per heavy atom. The molecule has 1 heterocycles. The van der Waals surface area contributed by atoms with E-state index in [1.54, 1.807) is 12.1 Å². The van der Waals surface area contributed by atoms with Crippen LogP contribution >= 0.6 is 0 Å². The van der Waals surface area contributed by atoms with Gasteiger partial charge in [0.25, 0.3) is 0 Å². The maximum atomic E-state index is 13.6. The summed E-state index contributed by atoms with van der Waals surface area (Å²) in [6, 6.07) is 5.47. The van der Waals surface area contributed by atoms with Crippen molar-refractivity contribution in [3.8, 4) is 5.75 Å². The van der Waals surface area contributed by atoms with Crippen LogP contribution in [0.2, 0.25) is 0 Å². The Labute approximate surface area is 114 Å². The Balaban J connectivity index is 1.95. The first-order chi connectivity index (χ1) is 9.22. The summed E-state index contributed by atoms with van der Waals surface area (Å²) in [6.07, 6.45) is 4.41. The lowest BCUT2D eigenvalue weighted by molar-refractivity contribution is 0.0954. The molecule has 1 aliphatic rings. The zero-order valence-electron chi connectivity index (χ0n) is 11.6. The molecule has 0 saturated carbocycles. The summed E-state index contributed by atoms with van der Waals surface area (Å²) in [6.45, 7) is 0.873. The lowest BCUT2D eigenvalue weighted by Crippen LogP contribution is -2.31. The van der Waals surface area contributed by atoms with Gasteiger partial charge in [-0.3, -0.25) is 0 Å². The molecular weight excluding hydrogens is 245 g/mol. The number of rotatable bonds is 6. The maximum Gasteiger partial charge on any atom is 0.165 e. The summed E-state index contributed by atoms with van der Waals surface area (Å²) in [7, 11) is 3.42. The van der Waals surface area contributed by atoms with Gasteiger partial charge in [0.1, 0.15) is 0 Å². The third-order valence-electron chi connectivity index (χ3n) is 3.68. The van der Waals surface area contributed by atoms with Gasteiger partial charge >= 0.3 is 0 Å². The molecule has 2 atom stereocenters. The summed E-state index contributed by atoms with van der Waals surface area (Å²) >= 11 is 0. The van der Waals surface area contributed by atoms with E-state index in [4.69, 9.17) is 9.47 Å². The number of hydrogen-bond donors (Lipinski definition) is 1. The van der Waals surface area contributed by atoms with Crippen LogP contribution in [0.4, 0.5) is 4.39 Å². The molecule has 2 rings (SSSR count). The number of likely N-dealkylation sites (N-methyl/N-ethyl adjacent to an activating group) is 1. The van der Waals surface area contributed by atoms with Crippen LogP contribution in [0.5, 0.6) is 5.75 Å². The van der Waals surface area contributed by atoms with E-state index in [9.17, 15) is 4.39 Å². The van der Waals surface area contributed by atoms with E-state index < -0.39 is 0 Å². The van der Waals surface area contributed by atoms with Crippen LogP contribution in [-0.2, 0) is 11.2 Å². The van der Waals surface area contributed by atoms with Crippen LogP contribution < -0.4 is 10.1 Å². The Hall–Kier alpha value is -1.13. The molecule has 1 fully saturated rings. The largest absolute Gasteiger partial charge is 0.494 e. The number of benzene rings is 1. The zero-order valence-corrected chi connectivity index (χ0v) is 11.6. The fourth-order valence-electron chi connectivity index (χ4n) is 2.57. The van der Waals surface area contributed by atoms with Crippen molar-refractivity contribution in [3.63, 3.8) is 0 Å². The van der Waals surface area contributed by atoms with Gasteiger partial charge in [-0.25, -0.2) is 4.39 Å². The molecule has 0 aromatic heterocycles. The van der Waals surface area contributed by atoms with Gasteiger partial charge in [0.05, 0.1) is 13.2 Å². The normalized spacial score (nSPS) is 20.5. The third-order valence-corrected chi connectivity index (χ3v) is 3.68. The second kappa shape index (κ2) is 6.87. The highest BCUT2D eigenvalue weighted by atomic mass is 19.1. The zero-order chi connectivity index (χ0) is 13.7. The molecule has 0 spiro atoms. The van der Waals surface area contributed by atoms with Crippen LogP contribution in [0.3, 0.4) is 0 Å². The molecule has 0 radical (unpaired) electrons.